The van der Waals surface area contributed by atoms with Gasteiger partial charge in [-0.1, -0.05) is 127 Å². The Morgan fingerprint density at radius 3 is 0.725 bits per heavy atom. The minimum Gasteiger partial charge on any atom is -0.309 e. The molecular weight excluding hydrogens is 1250 g/mol. The second kappa shape index (κ2) is 23.6. The van der Waals surface area contributed by atoms with Gasteiger partial charge in [0.2, 0.25) is 0 Å². The lowest BCUT2D eigenvalue weighted by Gasteiger charge is -2.29. The van der Waals surface area contributed by atoms with Crippen LogP contribution in [0, 0.1) is 45.3 Å². The molecule has 0 spiro atoms. The van der Waals surface area contributed by atoms with Crippen molar-refractivity contribution in [2.75, 3.05) is 0 Å². The van der Waals surface area contributed by atoms with E-state index in [1.165, 1.54) is 0 Å². The Kier molecular flexibility index (Phi) is 13.5. The van der Waals surface area contributed by atoms with Gasteiger partial charge in [-0.3, -0.25) is 9.97 Å². The van der Waals surface area contributed by atoms with Crippen molar-refractivity contribution in [1.29, 1.82) is 21.0 Å². The molecule has 0 N–H and O–H groups in total. The Balaban J connectivity index is 0.930. The van der Waals surface area contributed by atoms with E-state index in [2.05, 4.69) is 284 Å². The first-order valence-electron chi connectivity index (χ1n) is 33.6. The van der Waals surface area contributed by atoms with Gasteiger partial charge >= 0.3 is 0 Å². The van der Waals surface area contributed by atoms with Crippen molar-refractivity contribution < 1.29 is 0 Å². The van der Waals surface area contributed by atoms with E-state index in [4.69, 9.17) is 4.98 Å². The topological polar surface area (TPSA) is 141 Å². The molecule has 19 aromatic rings. The quantitative estimate of drug-likeness (QED) is 0.134. The summed E-state index contributed by atoms with van der Waals surface area (Å²) in [6.45, 7) is 0. The van der Waals surface area contributed by atoms with Gasteiger partial charge < -0.3 is 18.3 Å². The van der Waals surface area contributed by atoms with Crippen LogP contribution >= 0.6 is 0 Å². The molecule has 0 radical (unpaired) electrons. The average molecular weight is 1300 g/mol. The number of fused-ring (bicyclic) bond motifs is 12. The number of nitrogens with zero attached hydrogens (tertiary/aromatic N) is 10. The molecule has 102 heavy (non-hydrogen) atoms. The van der Waals surface area contributed by atoms with E-state index in [0.29, 0.717) is 22.3 Å². The van der Waals surface area contributed by atoms with Crippen LogP contribution in [0.2, 0.25) is 0 Å². The summed E-state index contributed by atoms with van der Waals surface area (Å²) in [5, 5.41) is 48.8. The summed E-state index contributed by atoms with van der Waals surface area (Å²) in [6.07, 6.45) is 7.56. The third-order valence-electron chi connectivity index (χ3n) is 20.3. The van der Waals surface area contributed by atoms with E-state index < -0.39 is 0 Å². The van der Waals surface area contributed by atoms with Gasteiger partial charge in [0.15, 0.2) is 0 Å². The highest BCUT2D eigenvalue weighted by atomic mass is 15.0. The second-order valence-corrected chi connectivity index (χ2v) is 25.7. The second-order valence-electron chi connectivity index (χ2n) is 25.7. The molecule has 10 heteroatoms. The summed E-state index contributed by atoms with van der Waals surface area (Å²) in [5.74, 6) is 0. The fourth-order valence-corrected chi connectivity index (χ4v) is 15.9. The lowest BCUT2D eigenvalue weighted by Crippen LogP contribution is -2.03. The summed E-state index contributed by atoms with van der Waals surface area (Å²) >= 11 is 0. The van der Waals surface area contributed by atoms with Gasteiger partial charge in [-0.05, 0) is 219 Å². The van der Waals surface area contributed by atoms with Crippen LogP contribution in [0.3, 0.4) is 0 Å². The molecule has 0 amide bonds. The Labute approximate surface area is 585 Å². The van der Waals surface area contributed by atoms with Crippen LogP contribution in [-0.4, -0.2) is 28.2 Å². The third-order valence-corrected chi connectivity index (χ3v) is 20.3. The SMILES string of the molecule is N#Cc1ccc2c(c1)c1ccccc1n2-c1ccc(-c2c(-c3ccncc3)c(-c3ccc(-n4c5ccccc5c5cc(C#N)ccc54)cc3)c(-c3cccnc3)c(-c3ccc(-n4c5ccccc5c5cc(C#N)ccc54)cc3)c2-c2ccc(-n3c4ccccc4c4cc(C#N)ccc43)cc2)cc1. The molecule has 6 heterocycles. The lowest BCUT2D eigenvalue weighted by atomic mass is 9.74. The van der Waals surface area contributed by atoms with Crippen molar-refractivity contribution in [2.45, 2.75) is 0 Å². The van der Waals surface area contributed by atoms with Crippen molar-refractivity contribution in [2.24, 2.45) is 0 Å². The van der Waals surface area contributed by atoms with Gasteiger partial charge in [0.05, 0.1) is 90.7 Å². The minimum atomic E-state index is 0.600. The number of benzene rings is 13. The van der Waals surface area contributed by atoms with Crippen molar-refractivity contribution in [1.82, 2.24) is 28.2 Å². The van der Waals surface area contributed by atoms with E-state index in [1.807, 2.05) is 79.4 Å². The highest BCUT2D eigenvalue weighted by molar-refractivity contribution is 6.17. The number of rotatable bonds is 10. The molecule has 13 aromatic carbocycles. The van der Waals surface area contributed by atoms with Crippen LogP contribution in [0.4, 0.5) is 0 Å². The number of aromatic nitrogens is 6. The molecule has 470 valence electrons. The van der Waals surface area contributed by atoms with E-state index in [0.717, 1.165) is 177 Å². The highest BCUT2D eigenvalue weighted by Gasteiger charge is 2.31. The third kappa shape index (κ3) is 9.16. The maximum Gasteiger partial charge on any atom is 0.0991 e. The molecule has 0 saturated carbocycles. The normalized spacial score (nSPS) is 11.5. The van der Waals surface area contributed by atoms with Gasteiger partial charge in [0.25, 0.3) is 0 Å². The number of pyridine rings is 2. The van der Waals surface area contributed by atoms with Crippen molar-refractivity contribution in [3.8, 4) is 114 Å². The predicted molar refractivity (Wildman–Crippen MR) is 411 cm³/mol. The Morgan fingerprint density at radius 2 is 0.461 bits per heavy atom. The van der Waals surface area contributed by atoms with Gasteiger partial charge in [-0.2, -0.15) is 21.0 Å². The fraction of sp³-hybridized carbons (Fsp3) is 0. The number of hydrogen-bond donors (Lipinski definition) is 0. The smallest absolute Gasteiger partial charge is 0.0991 e. The van der Waals surface area contributed by atoms with E-state index in [-0.39, 0.29) is 0 Å². The minimum absolute atomic E-state index is 0.600. The number of hydrogen-bond acceptors (Lipinski definition) is 6. The van der Waals surface area contributed by atoms with Crippen LogP contribution in [0.25, 0.3) is 177 Å². The zero-order chi connectivity index (χ0) is 68.1. The summed E-state index contributed by atoms with van der Waals surface area (Å²) in [7, 11) is 0. The molecule has 0 atom stereocenters. The molecule has 0 aliphatic carbocycles. The maximum absolute atomic E-state index is 10.1. The zero-order valence-electron chi connectivity index (χ0n) is 54.5. The summed E-state index contributed by atoms with van der Waals surface area (Å²) in [5.41, 5.74) is 25.9. The number of para-hydroxylation sites is 4. The van der Waals surface area contributed by atoms with Gasteiger partial charge in [-0.25, -0.2) is 0 Å². The van der Waals surface area contributed by atoms with Crippen LogP contribution in [0.1, 0.15) is 22.3 Å². The van der Waals surface area contributed by atoms with Gasteiger partial charge in [0.1, 0.15) is 0 Å². The van der Waals surface area contributed by atoms with Crippen molar-refractivity contribution in [3.05, 3.63) is 338 Å². The van der Waals surface area contributed by atoms with Gasteiger partial charge in [-0.15, -0.1) is 0 Å². The van der Waals surface area contributed by atoms with Crippen molar-refractivity contribution in [3.63, 3.8) is 0 Å². The van der Waals surface area contributed by atoms with Crippen LogP contribution < -0.4 is 0 Å². The molecule has 6 aromatic heterocycles. The monoisotopic (exact) mass is 1300 g/mol. The van der Waals surface area contributed by atoms with Gasteiger partial charge in [0, 0.05) is 102 Å². The number of nitriles is 4. The largest absolute Gasteiger partial charge is 0.309 e. The first-order chi connectivity index (χ1) is 50.4. The summed E-state index contributed by atoms with van der Waals surface area (Å²) in [4.78, 5) is 9.62. The molecule has 0 aliphatic heterocycles. The molecule has 0 saturated heterocycles. The molecule has 0 unspecified atom stereocenters. The first-order valence-corrected chi connectivity index (χ1v) is 33.6. The molecule has 0 fully saturated rings. The van der Waals surface area contributed by atoms with Crippen molar-refractivity contribution >= 4 is 87.2 Å². The Morgan fingerprint density at radius 1 is 0.206 bits per heavy atom. The fourth-order valence-electron chi connectivity index (χ4n) is 15.9. The molecule has 0 bridgehead atoms. The summed E-state index contributed by atoms with van der Waals surface area (Å²) in [6, 6.07) is 111. The molecule has 19 rings (SSSR count). The average Bonchev–Trinajstić information content (AvgIpc) is 1.06. The molecule has 10 nitrogen and oxygen atoms in total. The van der Waals surface area contributed by atoms with Crippen LogP contribution in [-0.2, 0) is 0 Å². The molecule has 0 aliphatic rings. The standard InChI is InChI=1S/C92H52N10/c93-52-57-19-39-83-75(48-57)71-11-1-5-15-79(71)99(83)67-31-23-61(24-32-67)87-88(62-25-33-68(34-26-62)100-80-16-6-2-12-72(80)76-49-58(53-94)20-40-84(76)100)91(65-43-46-97-47-44-65)90(64-29-37-70(38-30-64)102-82-18-8-4-14-74(82)78-51-60(55-96)22-42-86(78)102)92(66-10-9-45-98-56-66)89(87)63-27-35-69(36-28-63)101-81-17-7-3-13-73(81)77-50-59(54-95)21-41-85(77)101/h1-51,56H. The van der Waals surface area contributed by atoms with Crippen LogP contribution in [0.15, 0.2) is 316 Å². The lowest BCUT2D eigenvalue weighted by molar-refractivity contribution is 1.18. The Hall–Kier alpha value is -14.7. The zero-order valence-corrected chi connectivity index (χ0v) is 54.5. The predicted octanol–water partition coefficient (Wildman–Crippen LogP) is 22.4. The summed E-state index contributed by atoms with van der Waals surface area (Å²) < 4.78 is 9.16. The van der Waals surface area contributed by atoms with Crippen LogP contribution in [0.5, 0.6) is 0 Å². The Bertz CT molecular complexity index is 6630. The highest BCUT2D eigenvalue weighted by Crippen LogP contribution is 2.57. The van der Waals surface area contributed by atoms with E-state index >= 15 is 0 Å². The van der Waals surface area contributed by atoms with E-state index in [1.54, 1.807) is 0 Å². The molecular formula is C92H52N10. The van der Waals surface area contributed by atoms with E-state index in [9.17, 15) is 21.0 Å². The first kappa shape index (κ1) is 58.7. The maximum atomic E-state index is 10.1.